The first kappa shape index (κ1) is 20.5. The molecule has 3 rings (SSSR count). The molecule has 0 atom stereocenters. The van der Waals surface area contributed by atoms with Crippen LogP contribution in [0.25, 0.3) is 0 Å². The van der Waals surface area contributed by atoms with Crippen LogP contribution in [0, 0.1) is 0 Å². The Hall–Kier alpha value is -3.22. The lowest BCUT2D eigenvalue weighted by Crippen LogP contribution is -2.12. The first-order chi connectivity index (χ1) is 14.2. The molecule has 0 radical (unpaired) electrons. The van der Waals surface area contributed by atoms with E-state index in [-0.39, 0.29) is 5.91 Å². The van der Waals surface area contributed by atoms with E-state index in [2.05, 4.69) is 10.3 Å². The maximum absolute atomic E-state index is 12.5. The van der Waals surface area contributed by atoms with Crippen LogP contribution in [-0.4, -0.2) is 30.7 Å². The molecule has 0 bridgehead atoms. The molecular weight excluding hydrogens is 368 g/mol. The lowest BCUT2D eigenvalue weighted by Gasteiger charge is -2.09. The number of nitrogens with one attached hydrogen (secondary N) is 1. The summed E-state index contributed by atoms with van der Waals surface area (Å²) >= 11 is 0. The summed E-state index contributed by atoms with van der Waals surface area (Å²) in [6.07, 6.45) is 3.32. The molecule has 0 saturated carbocycles. The number of amides is 1. The maximum atomic E-state index is 12.5. The predicted molar refractivity (Wildman–Crippen MR) is 111 cm³/mol. The fraction of sp³-hybridized carbons (Fsp3) is 0.217. The van der Waals surface area contributed by atoms with E-state index in [0.717, 1.165) is 11.3 Å². The van der Waals surface area contributed by atoms with Crippen molar-refractivity contribution in [1.82, 2.24) is 4.98 Å². The van der Waals surface area contributed by atoms with Gasteiger partial charge in [0.25, 0.3) is 5.91 Å². The van der Waals surface area contributed by atoms with Gasteiger partial charge in [0, 0.05) is 24.1 Å². The number of carbonyl (C=O) groups excluding carboxylic acids is 1. The molecule has 2 aromatic carbocycles. The average molecular weight is 392 g/mol. The minimum atomic E-state index is -0.188. The van der Waals surface area contributed by atoms with Gasteiger partial charge >= 0.3 is 0 Å². The summed E-state index contributed by atoms with van der Waals surface area (Å²) in [6, 6.07) is 18.2. The van der Waals surface area contributed by atoms with Crippen molar-refractivity contribution in [2.45, 2.75) is 13.5 Å². The van der Waals surface area contributed by atoms with Gasteiger partial charge in [-0.15, -0.1) is 0 Å². The Kier molecular flexibility index (Phi) is 7.74. The number of rotatable bonds is 10. The van der Waals surface area contributed by atoms with E-state index >= 15 is 0 Å². The molecule has 0 unspecified atom stereocenters. The molecule has 1 aromatic heterocycles. The van der Waals surface area contributed by atoms with Crippen LogP contribution in [-0.2, 0) is 16.1 Å². The van der Waals surface area contributed by atoms with Crippen molar-refractivity contribution in [2.24, 2.45) is 0 Å². The Morgan fingerprint density at radius 1 is 0.966 bits per heavy atom. The van der Waals surface area contributed by atoms with Crippen LogP contribution in [0.1, 0.15) is 22.8 Å². The number of ether oxygens (including phenoxy) is 3. The van der Waals surface area contributed by atoms with Gasteiger partial charge in [0.05, 0.1) is 26.0 Å². The Morgan fingerprint density at radius 3 is 2.55 bits per heavy atom. The molecule has 6 nitrogen and oxygen atoms in total. The highest BCUT2D eigenvalue weighted by molar-refractivity contribution is 6.04. The van der Waals surface area contributed by atoms with Gasteiger partial charge in [-0.05, 0) is 61.0 Å². The SMILES string of the molecule is CCOCCOCc1cccc(NC(=O)c2ccc(Oc3cccnc3)cc2)c1. The van der Waals surface area contributed by atoms with E-state index in [1.54, 1.807) is 42.7 Å². The third-order valence-corrected chi connectivity index (χ3v) is 4.02. The highest BCUT2D eigenvalue weighted by atomic mass is 16.5. The number of nitrogens with zero attached hydrogens (tertiary/aromatic N) is 1. The molecule has 6 heteroatoms. The lowest BCUT2D eigenvalue weighted by molar-refractivity contribution is 0.0453. The number of aromatic nitrogens is 1. The first-order valence-electron chi connectivity index (χ1n) is 9.48. The molecule has 0 aliphatic heterocycles. The van der Waals surface area contributed by atoms with Crippen molar-refractivity contribution in [3.8, 4) is 11.5 Å². The number of anilines is 1. The van der Waals surface area contributed by atoms with Crippen molar-refractivity contribution in [3.05, 3.63) is 84.2 Å². The maximum Gasteiger partial charge on any atom is 0.255 e. The average Bonchev–Trinajstić information content (AvgIpc) is 2.75. The van der Waals surface area contributed by atoms with Gasteiger partial charge in [-0.3, -0.25) is 9.78 Å². The Labute approximate surface area is 170 Å². The molecule has 150 valence electrons. The van der Waals surface area contributed by atoms with Crippen LogP contribution < -0.4 is 10.1 Å². The molecule has 0 saturated heterocycles. The van der Waals surface area contributed by atoms with Crippen molar-refractivity contribution in [2.75, 3.05) is 25.1 Å². The summed E-state index contributed by atoms with van der Waals surface area (Å²) < 4.78 is 16.5. The summed E-state index contributed by atoms with van der Waals surface area (Å²) in [5.74, 6) is 1.10. The quantitative estimate of drug-likeness (QED) is 0.507. The largest absolute Gasteiger partial charge is 0.456 e. The standard InChI is InChI=1S/C23H24N2O4/c1-2-27-13-14-28-17-18-5-3-6-20(15-18)25-23(26)19-8-10-21(11-9-19)29-22-7-4-12-24-16-22/h3-12,15-16H,2,13-14,17H2,1H3,(H,25,26). The Morgan fingerprint density at radius 2 is 1.79 bits per heavy atom. The Balaban J connectivity index is 1.53. The van der Waals surface area contributed by atoms with Crippen LogP contribution in [0.5, 0.6) is 11.5 Å². The summed E-state index contributed by atoms with van der Waals surface area (Å²) in [5.41, 5.74) is 2.25. The van der Waals surface area contributed by atoms with Gasteiger partial charge in [0.15, 0.2) is 0 Å². The summed E-state index contributed by atoms with van der Waals surface area (Å²) in [6.45, 7) is 4.22. The zero-order valence-corrected chi connectivity index (χ0v) is 16.3. The first-order valence-corrected chi connectivity index (χ1v) is 9.48. The minimum absolute atomic E-state index is 0.188. The van der Waals surface area contributed by atoms with Gasteiger partial charge < -0.3 is 19.5 Å². The third-order valence-electron chi connectivity index (χ3n) is 4.02. The van der Waals surface area contributed by atoms with Gasteiger partial charge in [-0.2, -0.15) is 0 Å². The van der Waals surface area contributed by atoms with E-state index in [1.165, 1.54) is 0 Å². The van der Waals surface area contributed by atoms with Crippen LogP contribution >= 0.6 is 0 Å². The minimum Gasteiger partial charge on any atom is -0.456 e. The molecule has 3 aromatic rings. The van der Waals surface area contributed by atoms with Crippen LogP contribution in [0.2, 0.25) is 0 Å². The van der Waals surface area contributed by atoms with Gasteiger partial charge in [0.1, 0.15) is 11.5 Å². The second-order valence-corrected chi connectivity index (χ2v) is 6.22. The highest BCUT2D eigenvalue weighted by Gasteiger charge is 2.07. The summed E-state index contributed by atoms with van der Waals surface area (Å²) in [7, 11) is 0. The van der Waals surface area contributed by atoms with E-state index in [9.17, 15) is 4.79 Å². The van der Waals surface area contributed by atoms with Crippen LogP contribution in [0.3, 0.4) is 0 Å². The molecule has 1 heterocycles. The van der Waals surface area contributed by atoms with E-state index < -0.39 is 0 Å². The summed E-state index contributed by atoms with van der Waals surface area (Å²) in [4.78, 5) is 16.5. The second-order valence-electron chi connectivity index (χ2n) is 6.22. The van der Waals surface area contributed by atoms with Crippen LogP contribution in [0.15, 0.2) is 73.1 Å². The predicted octanol–water partition coefficient (Wildman–Crippen LogP) is 4.68. The number of carbonyl (C=O) groups is 1. The lowest BCUT2D eigenvalue weighted by atomic mass is 10.1. The fourth-order valence-corrected chi connectivity index (χ4v) is 2.61. The normalized spacial score (nSPS) is 10.5. The molecule has 0 aliphatic carbocycles. The van der Waals surface area contributed by atoms with Gasteiger partial charge in [-0.1, -0.05) is 12.1 Å². The fourth-order valence-electron chi connectivity index (χ4n) is 2.61. The number of pyridine rings is 1. The van der Waals surface area contributed by atoms with Gasteiger partial charge in [0.2, 0.25) is 0 Å². The monoisotopic (exact) mass is 392 g/mol. The molecular formula is C23H24N2O4. The van der Waals surface area contributed by atoms with Crippen LogP contribution in [0.4, 0.5) is 5.69 Å². The van der Waals surface area contributed by atoms with Crippen molar-refractivity contribution in [3.63, 3.8) is 0 Å². The zero-order chi connectivity index (χ0) is 20.3. The Bertz CT molecular complexity index is 898. The number of hydrogen-bond donors (Lipinski definition) is 1. The number of hydrogen-bond acceptors (Lipinski definition) is 5. The second kappa shape index (κ2) is 10.9. The zero-order valence-electron chi connectivity index (χ0n) is 16.3. The van der Waals surface area contributed by atoms with Crippen molar-refractivity contribution >= 4 is 11.6 Å². The van der Waals surface area contributed by atoms with E-state index in [4.69, 9.17) is 14.2 Å². The molecule has 1 N–H and O–H groups in total. The van der Waals surface area contributed by atoms with Gasteiger partial charge in [-0.25, -0.2) is 0 Å². The van der Waals surface area contributed by atoms with Crippen molar-refractivity contribution in [1.29, 1.82) is 0 Å². The van der Waals surface area contributed by atoms with Crippen molar-refractivity contribution < 1.29 is 19.0 Å². The summed E-state index contributed by atoms with van der Waals surface area (Å²) in [5, 5.41) is 2.91. The molecule has 29 heavy (non-hydrogen) atoms. The molecule has 0 spiro atoms. The molecule has 0 fully saturated rings. The third kappa shape index (κ3) is 6.71. The van der Waals surface area contributed by atoms with E-state index in [1.807, 2.05) is 37.3 Å². The topological polar surface area (TPSA) is 69.7 Å². The smallest absolute Gasteiger partial charge is 0.255 e. The molecule has 1 amide bonds. The highest BCUT2D eigenvalue weighted by Crippen LogP contribution is 2.21. The molecule has 0 aliphatic rings. The van der Waals surface area contributed by atoms with E-state index in [0.29, 0.717) is 43.5 Å². The number of benzene rings is 2.